The first-order valence-electron chi connectivity index (χ1n) is 4.41. The Kier molecular flexibility index (Phi) is 3.46. The molecule has 0 bridgehead atoms. The monoisotopic (exact) mass is 209 g/mol. The summed E-state index contributed by atoms with van der Waals surface area (Å²) in [6, 6.07) is 2.93. The summed E-state index contributed by atoms with van der Waals surface area (Å²) in [6.07, 6.45) is 0. The summed E-state index contributed by atoms with van der Waals surface area (Å²) in [4.78, 5) is 10.8. The van der Waals surface area contributed by atoms with Crippen molar-refractivity contribution in [2.75, 3.05) is 0 Å². The van der Waals surface area contributed by atoms with Gasteiger partial charge in [0, 0.05) is 6.54 Å². The minimum atomic E-state index is -1.71. The fraction of sp³-hybridized carbons (Fsp3) is 0.222. The molecule has 0 fully saturated rings. The number of carboxylic acids is 1. The van der Waals surface area contributed by atoms with Crippen LogP contribution in [0.25, 0.3) is 0 Å². The van der Waals surface area contributed by atoms with E-state index in [1.807, 2.05) is 0 Å². The SMILES string of the molecule is Cc1ccc(C(=O)O)c(CN)c1B(O)O. The number of rotatable bonds is 3. The Balaban J connectivity index is 3.47. The molecule has 1 aromatic rings. The Morgan fingerprint density at radius 2 is 2.07 bits per heavy atom. The van der Waals surface area contributed by atoms with Crippen LogP contribution in [0.5, 0.6) is 0 Å². The van der Waals surface area contributed by atoms with Crippen LogP contribution >= 0.6 is 0 Å². The molecular formula is C9H12BNO4. The van der Waals surface area contributed by atoms with E-state index in [9.17, 15) is 4.79 Å². The van der Waals surface area contributed by atoms with E-state index < -0.39 is 13.1 Å². The fourth-order valence-electron chi connectivity index (χ4n) is 1.56. The first-order valence-corrected chi connectivity index (χ1v) is 4.41. The summed E-state index contributed by atoms with van der Waals surface area (Å²) in [5, 5.41) is 27.1. The average molecular weight is 209 g/mol. The number of nitrogens with two attached hydrogens (primary N) is 1. The second-order valence-corrected chi connectivity index (χ2v) is 3.21. The van der Waals surface area contributed by atoms with Crippen LogP contribution in [0.3, 0.4) is 0 Å². The van der Waals surface area contributed by atoms with Gasteiger partial charge in [0.2, 0.25) is 0 Å². The normalized spacial score (nSPS) is 10.1. The smallest absolute Gasteiger partial charge is 0.478 e. The van der Waals surface area contributed by atoms with Gasteiger partial charge in [0.05, 0.1) is 5.56 Å². The molecule has 0 aliphatic carbocycles. The first kappa shape index (κ1) is 11.7. The van der Waals surface area contributed by atoms with Crippen LogP contribution < -0.4 is 11.2 Å². The molecule has 0 amide bonds. The van der Waals surface area contributed by atoms with Gasteiger partial charge in [0.15, 0.2) is 0 Å². The van der Waals surface area contributed by atoms with Gasteiger partial charge in [-0.25, -0.2) is 4.79 Å². The van der Waals surface area contributed by atoms with Crippen LogP contribution in [0.1, 0.15) is 21.5 Å². The van der Waals surface area contributed by atoms with Crippen molar-refractivity contribution in [3.63, 3.8) is 0 Å². The van der Waals surface area contributed by atoms with E-state index >= 15 is 0 Å². The topological polar surface area (TPSA) is 104 Å². The molecule has 0 aromatic heterocycles. The van der Waals surface area contributed by atoms with Gasteiger partial charge in [-0.05, 0) is 24.0 Å². The van der Waals surface area contributed by atoms with Crippen molar-refractivity contribution in [3.05, 3.63) is 28.8 Å². The molecule has 80 valence electrons. The lowest BCUT2D eigenvalue weighted by Gasteiger charge is -2.13. The maximum absolute atomic E-state index is 10.8. The van der Waals surface area contributed by atoms with Gasteiger partial charge >= 0.3 is 13.1 Å². The molecule has 0 saturated heterocycles. The summed E-state index contributed by atoms with van der Waals surface area (Å²) in [6.45, 7) is 1.62. The Labute approximate surface area is 87.3 Å². The van der Waals surface area contributed by atoms with Crippen molar-refractivity contribution < 1.29 is 19.9 Å². The maximum Gasteiger partial charge on any atom is 0.489 e. The van der Waals surface area contributed by atoms with Gasteiger partial charge in [0.1, 0.15) is 0 Å². The summed E-state index contributed by atoms with van der Waals surface area (Å²) >= 11 is 0. The van der Waals surface area contributed by atoms with Gasteiger partial charge in [-0.15, -0.1) is 0 Å². The zero-order valence-electron chi connectivity index (χ0n) is 8.27. The molecule has 6 heteroatoms. The highest BCUT2D eigenvalue weighted by Crippen LogP contribution is 2.09. The predicted molar refractivity (Wildman–Crippen MR) is 55.9 cm³/mol. The molecule has 0 aliphatic heterocycles. The molecule has 0 spiro atoms. The van der Waals surface area contributed by atoms with E-state index in [-0.39, 0.29) is 23.1 Å². The molecule has 5 nitrogen and oxygen atoms in total. The number of aromatic carboxylic acids is 1. The Morgan fingerprint density at radius 1 is 1.47 bits per heavy atom. The molecular weight excluding hydrogens is 197 g/mol. The van der Waals surface area contributed by atoms with Gasteiger partial charge in [-0.1, -0.05) is 11.6 Å². The van der Waals surface area contributed by atoms with E-state index in [4.69, 9.17) is 20.9 Å². The second kappa shape index (κ2) is 4.44. The molecule has 5 N–H and O–H groups in total. The largest absolute Gasteiger partial charge is 0.489 e. The van der Waals surface area contributed by atoms with Crippen LogP contribution in [-0.2, 0) is 6.54 Å². The van der Waals surface area contributed by atoms with Crippen molar-refractivity contribution in [2.45, 2.75) is 13.5 Å². The molecule has 1 aromatic carbocycles. The molecule has 1 rings (SSSR count). The summed E-state index contributed by atoms with van der Waals surface area (Å²) in [5.74, 6) is -1.13. The third-order valence-electron chi connectivity index (χ3n) is 2.27. The van der Waals surface area contributed by atoms with Crippen LogP contribution in [0, 0.1) is 6.92 Å². The molecule has 0 radical (unpaired) electrons. The van der Waals surface area contributed by atoms with E-state index in [1.165, 1.54) is 12.1 Å². The number of carbonyl (C=O) groups is 1. The number of hydrogen-bond acceptors (Lipinski definition) is 4. The van der Waals surface area contributed by atoms with Gasteiger partial charge in [0.25, 0.3) is 0 Å². The van der Waals surface area contributed by atoms with Crippen LogP contribution in [0.15, 0.2) is 12.1 Å². The standard InChI is InChI=1S/C9H12BNO4/c1-5-2-3-6(9(12)13)7(4-11)8(5)10(14)15/h2-3,14-15H,4,11H2,1H3,(H,12,13). The summed E-state index contributed by atoms with van der Waals surface area (Å²) in [5.41, 5.74) is 6.46. The Bertz CT molecular complexity index is 392. The highest BCUT2D eigenvalue weighted by Gasteiger charge is 2.22. The molecule has 0 atom stereocenters. The lowest BCUT2D eigenvalue weighted by Crippen LogP contribution is -2.37. The summed E-state index contributed by atoms with van der Waals surface area (Å²) in [7, 11) is -1.71. The third-order valence-corrected chi connectivity index (χ3v) is 2.27. The minimum Gasteiger partial charge on any atom is -0.478 e. The lowest BCUT2D eigenvalue weighted by atomic mass is 9.73. The Morgan fingerprint density at radius 3 is 2.47 bits per heavy atom. The highest BCUT2D eigenvalue weighted by molar-refractivity contribution is 6.60. The molecule has 0 saturated carbocycles. The zero-order chi connectivity index (χ0) is 11.6. The van der Waals surface area contributed by atoms with Crippen molar-refractivity contribution in [1.82, 2.24) is 0 Å². The average Bonchev–Trinajstić information content (AvgIpc) is 2.15. The van der Waals surface area contributed by atoms with E-state index in [2.05, 4.69) is 0 Å². The quantitative estimate of drug-likeness (QED) is 0.469. The van der Waals surface area contributed by atoms with E-state index in [1.54, 1.807) is 6.92 Å². The van der Waals surface area contributed by atoms with Gasteiger partial charge in [-0.2, -0.15) is 0 Å². The predicted octanol–water partition coefficient (Wildman–Crippen LogP) is -1.17. The first-order chi connectivity index (χ1) is 6.99. The minimum absolute atomic E-state index is 0.00574. The van der Waals surface area contributed by atoms with E-state index in [0.717, 1.165) is 0 Å². The second-order valence-electron chi connectivity index (χ2n) is 3.21. The van der Waals surface area contributed by atoms with Gasteiger partial charge < -0.3 is 20.9 Å². The molecule has 0 aliphatic rings. The number of benzene rings is 1. The van der Waals surface area contributed by atoms with Crippen molar-refractivity contribution in [3.8, 4) is 0 Å². The van der Waals surface area contributed by atoms with Crippen LogP contribution in [0.4, 0.5) is 0 Å². The third kappa shape index (κ3) is 2.17. The summed E-state index contributed by atoms with van der Waals surface area (Å²) < 4.78 is 0. The van der Waals surface area contributed by atoms with Crippen molar-refractivity contribution >= 4 is 18.6 Å². The maximum atomic E-state index is 10.8. The van der Waals surface area contributed by atoms with Crippen LogP contribution in [0.2, 0.25) is 0 Å². The van der Waals surface area contributed by atoms with Crippen molar-refractivity contribution in [2.24, 2.45) is 5.73 Å². The van der Waals surface area contributed by atoms with E-state index in [0.29, 0.717) is 5.56 Å². The van der Waals surface area contributed by atoms with Crippen LogP contribution in [-0.4, -0.2) is 28.2 Å². The fourth-order valence-corrected chi connectivity index (χ4v) is 1.56. The molecule has 0 heterocycles. The lowest BCUT2D eigenvalue weighted by molar-refractivity contribution is 0.0696. The zero-order valence-corrected chi connectivity index (χ0v) is 8.27. The number of hydrogen-bond donors (Lipinski definition) is 4. The van der Waals surface area contributed by atoms with Gasteiger partial charge in [-0.3, -0.25) is 0 Å². The Hall–Kier alpha value is -1.37. The number of carboxylic acid groups (broad SMARTS) is 1. The number of aryl methyl sites for hydroxylation is 1. The molecule has 15 heavy (non-hydrogen) atoms. The van der Waals surface area contributed by atoms with Crippen molar-refractivity contribution in [1.29, 1.82) is 0 Å². The highest BCUT2D eigenvalue weighted by atomic mass is 16.4. The molecule has 0 unspecified atom stereocenters.